The van der Waals surface area contributed by atoms with Gasteiger partial charge in [0.1, 0.15) is 5.75 Å². The monoisotopic (exact) mass is 312 g/mol. The highest BCUT2D eigenvalue weighted by Gasteiger charge is 2.32. The lowest BCUT2D eigenvalue weighted by Crippen LogP contribution is -2.21. The van der Waals surface area contributed by atoms with E-state index >= 15 is 0 Å². The molecule has 3 nitrogen and oxygen atoms in total. The molecule has 0 bridgehead atoms. The highest BCUT2D eigenvalue weighted by Crippen LogP contribution is 2.41. The molecule has 1 aliphatic rings. The van der Waals surface area contributed by atoms with Crippen LogP contribution in [0.5, 0.6) is 5.75 Å². The third-order valence-electron chi connectivity index (χ3n) is 4.04. The summed E-state index contributed by atoms with van der Waals surface area (Å²) in [4.78, 5) is 2.37. The van der Waals surface area contributed by atoms with E-state index in [1.165, 1.54) is 5.56 Å². The second kappa shape index (κ2) is 5.19. The van der Waals surface area contributed by atoms with Gasteiger partial charge in [-0.1, -0.05) is 0 Å². The lowest BCUT2D eigenvalue weighted by atomic mass is 9.92. The van der Waals surface area contributed by atoms with Crippen LogP contribution in [-0.4, -0.2) is 30.1 Å². The van der Waals surface area contributed by atoms with Gasteiger partial charge in [0.05, 0.1) is 4.47 Å². The molecule has 1 aromatic rings. The molecule has 0 saturated carbocycles. The molecule has 2 unspecified atom stereocenters. The predicted octanol–water partition coefficient (Wildman–Crippen LogP) is 2.72. The summed E-state index contributed by atoms with van der Waals surface area (Å²) in [5, 5.41) is 9.83. The molecular weight excluding hydrogens is 292 g/mol. The molecule has 1 aliphatic heterocycles. The largest absolute Gasteiger partial charge is 0.507 e. The van der Waals surface area contributed by atoms with E-state index in [2.05, 4.69) is 41.7 Å². The smallest absolute Gasteiger partial charge is 0.130 e. The van der Waals surface area contributed by atoms with E-state index in [-0.39, 0.29) is 0 Å². The van der Waals surface area contributed by atoms with Crippen molar-refractivity contribution in [1.29, 1.82) is 0 Å². The van der Waals surface area contributed by atoms with Gasteiger partial charge in [-0.25, -0.2) is 0 Å². The highest BCUT2D eigenvalue weighted by molar-refractivity contribution is 9.10. The Bertz CT molecular complexity index is 462. The first kappa shape index (κ1) is 13.8. The molecule has 0 radical (unpaired) electrons. The number of benzene rings is 1. The summed E-state index contributed by atoms with van der Waals surface area (Å²) in [5.74, 6) is 0.899. The number of phenols is 1. The van der Waals surface area contributed by atoms with Crippen LogP contribution in [0.25, 0.3) is 0 Å². The molecule has 1 saturated heterocycles. The number of hydrogen-bond donors (Lipinski definition) is 2. The fourth-order valence-corrected chi connectivity index (χ4v) is 3.41. The summed E-state index contributed by atoms with van der Waals surface area (Å²) in [5.41, 5.74) is 9.42. The fourth-order valence-electron chi connectivity index (χ4n) is 3.08. The minimum Gasteiger partial charge on any atom is -0.507 e. The van der Waals surface area contributed by atoms with Gasteiger partial charge in [-0.15, -0.1) is 0 Å². The van der Waals surface area contributed by atoms with Gasteiger partial charge in [0.25, 0.3) is 0 Å². The normalized spacial score (nSPS) is 24.7. The van der Waals surface area contributed by atoms with E-state index in [0.717, 1.165) is 35.1 Å². The Hall–Kier alpha value is -0.580. The molecule has 0 spiro atoms. The topological polar surface area (TPSA) is 49.5 Å². The molecule has 100 valence electrons. The van der Waals surface area contributed by atoms with Crippen LogP contribution in [0.4, 0.5) is 0 Å². The lowest BCUT2D eigenvalue weighted by molar-refractivity contribution is 0.311. The van der Waals surface area contributed by atoms with Crippen molar-refractivity contribution in [3.05, 3.63) is 27.2 Å². The van der Waals surface area contributed by atoms with Crippen LogP contribution < -0.4 is 5.73 Å². The van der Waals surface area contributed by atoms with Gasteiger partial charge in [0.15, 0.2) is 0 Å². The van der Waals surface area contributed by atoms with Gasteiger partial charge in [0.2, 0.25) is 0 Å². The Morgan fingerprint density at radius 1 is 1.50 bits per heavy atom. The summed E-state index contributed by atoms with van der Waals surface area (Å²) in [7, 11) is 2.15. The van der Waals surface area contributed by atoms with E-state index in [4.69, 9.17) is 5.73 Å². The van der Waals surface area contributed by atoms with E-state index in [0.29, 0.717) is 17.7 Å². The van der Waals surface area contributed by atoms with Crippen molar-refractivity contribution in [3.8, 4) is 5.75 Å². The van der Waals surface area contributed by atoms with Crippen molar-refractivity contribution in [2.24, 2.45) is 11.7 Å². The van der Waals surface area contributed by atoms with E-state index in [1.807, 2.05) is 6.07 Å². The molecule has 2 atom stereocenters. The van der Waals surface area contributed by atoms with Crippen molar-refractivity contribution in [1.82, 2.24) is 4.90 Å². The Morgan fingerprint density at radius 2 is 2.17 bits per heavy atom. The van der Waals surface area contributed by atoms with Crippen molar-refractivity contribution < 1.29 is 5.11 Å². The molecule has 1 heterocycles. The minimum absolute atomic E-state index is 0.324. The van der Waals surface area contributed by atoms with Gasteiger partial charge in [-0.2, -0.15) is 0 Å². The Labute approximate surface area is 117 Å². The molecule has 1 aromatic carbocycles. The number of likely N-dealkylation sites (tertiary alicyclic amines) is 1. The van der Waals surface area contributed by atoms with Crippen molar-refractivity contribution in [3.63, 3.8) is 0 Å². The zero-order valence-electron chi connectivity index (χ0n) is 11.2. The average molecular weight is 313 g/mol. The number of aromatic hydroxyl groups is 1. The second-order valence-electron chi connectivity index (χ2n) is 5.36. The summed E-state index contributed by atoms with van der Waals surface area (Å²) < 4.78 is 0.813. The van der Waals surface area contributed by atoms with Gasteiger partial charge in [-0.3, -0.25) is 4.90 Å². The number of nitrogens with two attached hydrogens (primary N) is 1. The van der Waals surface area contributed by atoms with E-state index in [9.17, 15) is 5.11 Å². The maximum atomic E-state index is 9.83. The zero-order chi connectivity index (χ0) is 13.4. The molecule has 0 amide bonds. The van der Waals surface area contributed by atoms with Crippen molar-refractivity contribution in [2.75, 3.05) is 20.1 Å². The maximum Gasteiger partial charge on any atom is 0.130 e. The quantitative estimate of drug-likeness (QED) is 0.883. The SMILES string of the molecule is Cc1cc(O)c(Br)c(C)c1C1CC(CN)CN1C. The minimum atomic E-state index is 0.324. The summed E-state index contributed by atoms with van der Waals surface area (Å²) in [6, 6.07) is 2.26. The molecule has 1 fully saturated rings. The molecular formula is C14H21BrN2O. The second-order valence-corrected chi connectivity index (χ2v) is 6.15. The fraction of sp³-hybridized carbons (Fsp3) is 0.571. The standard InChI is InChI=1S/C14H21BrN2O/c1-8-4-12(18)14(15)9(2)13(8)11-5-10(6-16)7-17(11)3/h4,10-11,18H,5-7,16H2,1-3H3. The van der Waals surface area contributed by atoms with Gasteiger partial charge in [-0.05, 0) is 78.5 Å². The Morgan fingerprint density at radius 3 is 2.72 bits per heavy atom. The van der Waals surface area contributed by atoms with Crippen LogP contribution in [-0.2, 0) is 0 Å². The number of nitrogens with zero attached hydrogens (tertiary/aromatic N) is 1. The molecule has 0 aliphatic carbocycles. The van der Waals surface area contributed by atoms with Crippen molar-refractivity contribution >= 4 is 15.9 Å². The van der Waals surface area contributed by atoms with Crippen LogP contribution >= 0.6 is 15.9 Å². The first-order chi connectivity index (χ1) is 8.45. The first-order valence-corrected chi connectivity index (χ1v) is 7.13. The number of halogens is 1. The molecule has 3 N–H and O–H groups in total. The maximum absolute atomic E-state index is 9.83. The summed E-state index contributed by atoms with van der Waals surface area (Å²) in [6.07, 6.45) is 1.10. The number of rotatable bonds is 2. The van der Waals surface area contributed by atoms with Crippen LogP contribution in [0.2, 0.25) is 0 Å². The predicted molar refractivity (Wildman–Crippen MR) is 77.8 cm³/mol. The lowest BCUT2D eigenvalue weighted by Gasteiger charge is -2.24. The van der Waals surface area contributed by atoms with Crippen LogP contribution in [0.1, 0.15) is 29.2 Å². The Kier molecular flexibility index (Phi) is 3.99. The van der Waals surface area contributed by atoms with Crippen LogP contribution in [0, 0.1) is 19.8 Å². The van der Waals surface area contributed by atoms with Crippen molar-refractivity contribution in [2.45, 2.75) is 26.3 Å². The van der Waals surface area contributed by atoms with Gasteiger partial charge >= 0.3 is 0 Å². The average Bonchev–Trinajstić information content (AvgIpc) is 2.68. The third kappa shape index (κ3) is 2.29. The molecule has 2 rings (SSSR count). The van der Waals surface area contributed by atoms with Crippen LogP contribution in [0.3, 0.4) is 0 Å². The number of hydrogen-bond acceptors (Lipinski definition) is 3. The summed E-state index contributed by atoms with van der Waals surface area (Å²) in [6.45, 7) is 5.94. The Balaban J connectivity index is 2.43. The first-order valence-electron chi connectivity index (χ1n) is 6.34. The third-order valence-corrected chi connectivity index (χ3v) is 5.04. The number of phenolic OH excluding ortho intramolecular Hbond substituents is 1. The zero-order valence-corrected chi connectivity index (χ0v) is 12.8. The van der Waals surface area contributed by atoms with E-state index in [1.54, 1.807) is 0 Å². The van der Waals surface area contributed by atoms with Gasteiger partial charge < -0.3 is 10.8 Å². The number of aryl methyl sites for hydroxylation is 1. The molecule has 18 heavy (non-hydrogen) atoms. The highest BCUT2D eigenvalue weighted by atomic mass is 79.9. The van der Waals surface area contributed by atoms with Gasteiger partial charge in [0, 0.05) is 12.6 Å². The van der Waals surface area contributed by atoms with Crippen LogP contribution in [0.15, 0.2) is 10.5 Å². The molecule has 4 heteroatoms. The van der Waals surface area contributed by atoms with E-state index < -0.39 is 0 Å². The molecule has 0 aromatic heterocycles. The summed E-state index contributed by atoms with van der Waals surface area (Å²) >= 11 is 3.47.